The van der Waals surface area contributed by atoms with Crippen molar-refractivity contribution in [3.63, 3.8) is 0 Å². The first kappa shape index (κ1) is 20.3. The Bertz CT molecular complexity index is 742. The third-order valence-corrected chi connectivity index (χ3v) is 7.64. The number of hydrogen-bond acceptors (Lipinski definition) is 3. The number of carbonyl (C=O) groups is 1. The van der Waals surface area contributed by atoms with Gasteiger partial charge in [0.2, 0.25) is 5.91 Å². The van der Waals surface area contributed by atoms with Gasteiger partial charge in [-0.05, 0) is 80.9 Å². The molecule has 3 fully saturated rings. The number of rotatable bonds is 6. The smallest absolute Gasteiger partial charge is 0.222 e. The van der Waals surface area contributed by atoms with Crippen molar-refractivity contribution in [2.24, 2.45) is 17.8 Å². The molecule has 5 unspecified atom stereocenters. The third-order valence-electron chi connectivity index (χ3n) is 7.11. The van der Waals surface area contributed by atoms with E-state index in [1.807, 2.05) is 11.9 Å². The predicted molar refractivity (Wildman–Crippen MR) is 111 cm³/mol. The van der Waals surface area contributed by atoms with E-state index in [9.17, 15) is 9.90 Å². The Kier molecular flexibility index (Phi) is 5.83. The lowest BCUT2D eigenvalue weighted by molar-refractivity contribution is -0.133. The van der Waals surface area contributed by atoms with Gasteiger partial charge in [0.1, 0.15) is 5.75 Å². The Balaban J connectivity index is 1.29. The molecule has 3 aliphatic rings. The topological polar surface area (TPSA) is 49.8 Å². The van der Waals surface area contributed by atoms with Gasteiger partial charge in [-0.3, -0.25) is 4.79 Å². The minimum atomic E-state index is -0.466. The van der Waals surface area contributed by atoms with E-state index < -0.39 is 5.60 Å². The number of carbonyl (C=O) groups excluding carboxylic acids is 1. The maximum atomic E-state index is 12.8. The van der Waals surface area contributed by atoms with Gasteiger partial charge in [0.05, 0.1) is 17.2 Å². The molecule has 0 aliphatic heterocycles. The fraction of sp³-hybridized carbons (Fsp3) is 0.682. The summed E-state index contributed by atoms with van der Waals surface area (Å²) in [7, 11) is 1.94. The van der Waals surface area contributed by atoms with Gasteiger partial charge in [0, 0.05) is 24.5 Å². The van der Waals surface area contributed by atoms with Gasteiger partial charge in [-0.15, -0.1) is 0 Å². The van der Waals surface area contributed by atoms with Gasteiger partial charge in [-0.1, -0.05) is 23.2 Å². The van der Waals surface area contributed by atoms with Crippen molar-refractivity contribution in [2.75, 3.05) is 13.7 Å². The van der Waals surface area contributed by atoms with Crippen molar-refractivity contribution < 1.29 is 14.6 Å². The quantitative estimate of drug-likeness (QED) is 0.656. The zero-order chi connectivity index (χ0) is 19.9. The van der Waals surface area contributed by atoms with E-state index in [1.54, 1.807) is 18.2 Å². The molecule has 3 saturated carbocycles. The Morgan fingerprint density at radius 3 is 2.89 bits per heavy atom. The highest BCUT2D eigenvalue weighted by molar-refractivity contribution is 6.35. The molecule has 3 aliphatic carbocycles. The van der Waals surface area contributed by atoms with Crippen molar-refractivity contribution >= 4 is 29.1 Å². The molecule has 0 saturated heterocycles. The minimum absolute atomic E-state index is 0.170. The SMILES string of the molecule is CN(C(=O)CCCOc1ccc(Cl)cc1Cl)C1CCC2CC3CC(O)(C2)CC31. The Hall–Kier alpha value is -0.970. The highest BCUT2D eigenvalue weighted by Gasteiger charge is 2.54. The van der Waals surface area contributed by atoms with E-state index >= 15 is 0 Å². The number of halogens is 2. The molecule has 0 aromatic heterocycles. The van der Waals surface area contributed by atoms with Gasteiger partial charge in [-0.2, -0.15) is 0 Å². The van der Waals surface area contributed by atoms with Gasteiger partial charge in [0.15, 0.2) is 0 Å². The summed E-state index contributed by atoms with van der Waals surface area (Å²) in [5, 5.41) is 11.9. The lowest BCUT2D eigenvalue weighted by Gasteiger charge is -2.36. The van der Waals surface area contributed by atoms with E-state index in [1.165, 1.54) is 6.42 Å². The molecule has 0 radical (unpaired) electrons. The average Bonchev–Trinajstić information content (AvgIpc) is 2.80. The second-order valence-corrected chi connectivity index (χ2v) is 9.88. The summed E-state index contributed by atoms with van der Waals surface area (Å²) in [6, 6.07) is 5.41. The van der Waals surface area contributed by atoms with E-state index in [0.717, 1.165) is 32.1 Å². The summed E-state index contributed by atoms with van der Waals surface area (Å²) in [6.07, 6.45) is 7.32. The van der Waals surface area contributed by atoms with Crippen LogP contribution in [0.15, 0.2) is 18.2 Å². The fourth-order valence-corrected chi connectivity index (χ4v) is 6.40. The molecule has 1 aromatic carbocycles. The molecule has 6 heteroatoms. The molecule has 1 aromatic rings. The van der Waals surface area contributed by atoms with Crippen molar-refractivity contribution in [1.82, 2.24) is 4.90 Å². The zero-order valence-corrected chi connectivity index (χ0v) is 17.9. The van der Waals surface area contributed by atoms with Crippen LogP contribution >= 0.6 is 23.2 Å². The number of amides is 1. The highest BCUT2D eigenvalue weighted by Crippen LogP contribution is 2.56. The average molecular weight is 426 g/mol. The van der Waals surface area contributed by atoms with Crippen LogP contribution in [0, 0.1) is 17.8 Å². The van der Waals surface area contributed by atoms with Crippen molar-refractivity contribution in [1.29, 1.82) is 0 Å². The van der Waals surface area contributed by atoms with Crippen LogP contribution in [0.1, 0.15) is 51.4 Å². The summed E-state index contributed by atoms with van der Waals surface area (Å²) in [4.78, 5) is 14.8. The van der Waals surface area contributed by atoms with Crippen molar-refractivity contribution in [2.45, 2.75) is 63.0 Å². The normalized spacial score (nSPS) is 33.6. The van der Waals surface area contributed by atoms with E-state index in [0.29, 0.717) is 53.0 Å². The summed E-state index contributed by atoms with van der Waals surface area (Å²) in [6.45, 7) is 0.444. The second-order valence-electron chi connectivity index (χ2n) is 9.04. The first-order valence-corrected chi connectivity index (χ1v) is 11.2. The maximum absolute atomic E-state index is 12.8. The zero-order valence-electron chi connectivity index (χ0n) is 16.4. The fourth-order valence-electron chi connectivity index (χ4n) is 5.93. The molecular formula is C22H29Cl2NO3. The highest BCUT2D eigenvalue weighted by atomic mass is 35.5. The second kappa shape index (κ2) is 8.04. The van der Waals surface area contributed by atoms with E-state index in [2.05, 4.69) is 0 Å². The summed E-state index contributed by atoms with van der Waals surface area (Å²) < 4.78 is 5.70. The van der Waals surface area contributed by atoms with Crippen LogP contribution < -0.4 is 4.74 Å². The van der Waals surface area contributed by atoms with Gasteiger partial charge >= 0.3 is 0 Å². The van der Waals surface area contributed by atoms with Gasteiger partial charge in [-0.25, -0.2) is 0 Å². The van der Waals surface area contributed by atoms with Crippen LogP contribution in [0.5, 0.6) is 5.75 Å². The molecule has 28 heavy (non-hydrogen) atoms. The maximum Gasteiger partial charge on any atom is 0.222 e. The van der Waals surface area contributed by atoms with Crippen molar-refractivity contribution in [3.05, 3.63) is 28.2 Å². The van der Waals surface area contributed by atoms with Gasteiger partial charge in [0.25, 0.3) is 0 Å². The Labute approximate surface area is 177 Å². The first-order chi connectivity index (χ1) is 13.3. The first-order valence-electron chi connectivity index (χ1n) is 10.4. The number of ether oxygens (including phenoxy) is 1. The molecule has 0 spiro atoms. The molecular weight excluding hydrogens is 397 g/mol. The van der Waals surface area contributed by atoms with Crippen LogP contribution in [0.3, 0.4) is 0 Å². The summed E-state index contributed by atoms with van der Waals surface area (Å²) >= 11 is 12.0. The number of nitrogens with zero attached hydrogens (tertiary/aromatic N) is 1. The van der Waals surface area contributed by atoms with Crippen LogP contribution in [0.4, 0.5) is 0 Å². The monoisotopic (exact) mass is 425 g/mol. The lowest BCUT2D eigenvalue weighted by atomic mass is 9.77. The Morgan fingerprint density at radius 2 is 2.11 bits per heavy atom. The molecule has 0 heterocycles. The summed E-state index contributed by atoms with van der Waals surface area (Å²) in [5.74, 6) is 2.44. The largest absolute Gasteiger partial charge is 0.492 e. The molecule has 4 rings (SSSR count). The molecule has 1 N–H and O–H groups in total. The number of fused-ring (bicyclic) bond motifs is 2. The Morgan fingerprint density at radius 1 is 1.29 bits per heavy atom. The number of benzene rings is 1. The van der Waals surface area contributed by atoms with E-state index in [4.69, 9.17) is 27.9 Å². The predicted octanol–water partition coefficient (Wildman–Crippen LogP) is 4.94. The molecule has 5 atom stereocenters. The van der Waals surface area contributed by atoms with Crippen LogP contribution in [0.2, 0.25) is 10.0 Å². The van der Waals surface area contributed by atoms with Crippen LogP contribution in [-0.2, 0) is 4.79 Å². The molecule has 4 nitrogen and oxygen atoms in total. The van der Waals surface area contributed by atoms with Crippen molar-refractivity contribution in [3.8, 4) is 5.75 Å². The number of aliphatic hydroxyl groups is 1. The molecule has 1 amide bonds. The van der Waals surface area contributed by atoms with Gasteiger partial charge < -0.3 is 14.7 Å². The minimum Gasteiger partial charge on any atom is -0.492 e. The standard InChI is InChI=1S/C22H29Cl2NO3/c1-25(19-6-4-14-9-15-12-22(27,11-14)13-17(15)19)21(26)3-2-8-28-20-7-5-16(23)10-18(20)24/h5,7,10,14-15,17,19,27H,2-4,6,8-9,11-13H2,1H3. The number of hydrogen-bond donors (Lipinski definition) is 1. The lowest BCUT2D eigenvalue weighted by Crippen LogP contribution is -2.43. The van der Waals surface area contributed by atoms with Crippen LogP contribution in [-0.4, -0.2) is 41.2 Å². The molecule has 154 valence electrons. The van der Waals surface area contributed by atoms with Crippen LogP contribution in [0.25, 0.3) is 0 Å². The van der Waals surface area contributed by atoms with E-state index in [-0.39, 0.29) is 11.9 Å². The third kappa shape index (κ3) is 4.15. The summed E-state index contributed by atoms with van der Waals surface area (Å²) in [5.41, 5.74) is -0.466. The molecule has 3 bridgehead atoms.